The maximum absolute atomic E-state index is 11.7. The van der Waals surface area contributed by atoms with Crippen molar-refractivity contribution in [2.75, 3.05) is 12.0 Å². The smallest absolute Gasteiger partial charge is 0.327 e. The molecule has 1 aliphatic rings. The number of benzene rings is 1. The van der Waals surface area contributed by atoms with E-state index in [2.05, 4.69) is 0 Å². The molecule has 1 heterocycles. The maximum Gasteiger partial charge on any atom is 0.327 e. The van der Waals surface area contributed by atoms with E-state index in [9.17, 15) is 14.7 Å². The van der Waals surface area contributed by atoms with Crippen LogP contribution in [0.15, 0.2) is 12.1 Å². The topological polar surface area (TPSA) is 66.8 Å². The van der Waals surface area contributed by atoms with Gasteiger partial charge in [-0.3, -0.25) is 9.69 Å². The molecule has 0 fully saturated rings. The number of ether oxygens (including phenoxy) is 1. The SMILES string of the molecule is COc1cc(C)c2c(c1)N(C(C)=O)C(C(=O)O)C2. The summed E-state index contributed by atoms with van der Waals surface area (Å²) in [6, 6.07) is 2.75. The Kier molecular flexibility index (Phi) is 2.98. The van der Waals surface area contributed by atoms with Crippen molar-refractivity contribution in [3.05, 3.63) is 23.3 Å². The molecule has 1 unspecified atom stereocenters. The van der Waals surface area contributed by atoms with E-state index in [1.165, 1.54) is 11.8 Å². The van der Waals surface area contributed by atoms with E-state index in [0.717, 1.165) is 11.1 Å². The third kappa shape index (κ3) is 1.81. The number of rotatable bonds is 2. The largest absolute Gasteiger partial charge is 0.497 e. The number of aliphatic carboxylic acids is 1. The fourth-order valence-corrected chi connectivity index (χ4v) is 2.40. The lowest BCUT2D eigenvalue weighted by molar-refractivity contribution is -0.139. The van der Waals surface area contributed by atoms with Crippen LogP contribution in [0.4, 0.5) is 5.69 Å². The van der Waals surface area contributed by atoms with Crippen molar-refractivity contribution in [2.24, 2.45) is 0 Å². The van der Waals surface area contributed by atoms with Crippen LogP contribution in [0.1, 0.15) is 18.1 Å². The molecular weight excluding hydrogens is 234 g/mol. The van der Waals surface area contributed by atoms with Crippen molar-refractivity contribution in [3.8, 4) is 5.75 Å². The van der Waals surface area contributed by atoms with Gasteiger partial charge >= 0.3 is 5.97 Å². The Morgan fingerprint density at radius 2 is 2.11 bits per heavy atom. The molecule has 0 radical (unpaired) electrons. The average molecular weight is 249 g/mol. The fraction of sp³-hybridized carbons (Fsp3) is 0.385. The van der Waals surface area contributed by atoms with E-state index in [1.54, 1.807) is 13.2 Å². The zero-order valence-corrected chi connectivity index (χ0v) is 10.6. The van der Waals surface area contributed by atoms with Gasteiger partial charge in [-0.2, -0.15) is 0 Å². The number of methoxy groups -OCH3 is 1. The second-order valence-electron chi connectivity index (χ2n) is 4.39. The number of fused-ring (bicyclic) bond motifs is 1. The van der Waals surface area contributed by atoms with Crippen LogP contribution in [0, 0.1) is 6.92 Å². The highest BCUT2D eigenvalue weighted by atomic mass is 16.5. The zero-order valence-electron chi connectivity index (χ0n) is 10.6. The number of carboxylic acids is 1. The summed E-state index contributed by atoms with van der Waals surface area (Å²) >= 11 is 0. The minimum atomic E-state index is -0.986. The van der Waals surface area contributed by atoms with Crippen LogP contribution in [0.5, 0.6) is 5.75 Å². The molecule has 0 bridgehead atoms. The first kappa shape index (κ1) is 12.4. The highest BCUT2D eigenvalue weighted by molar-refractivity contribution is 6.01. The van der Waals surface area contributed by atoms with Gasteiger partial charge in [-0.25, -0.2) is 4.79 Å². The maximum atomic E-state index is 11.7. The number of hydrogen-bond acceptors (Lipinski definition) is 3. The van der Waals surface area contributed by atoms with Gasteiger partial charge in [0.15, 0.2) is 0 Å². The lowest BCUT2D eigenvalue weighted by Gasteiger charge is -2.21. The minimum absolute atomic E-state index is 0.270. The number of amides is 1. The summed E-state index contributed by atoms with van der Waals surface area (Å²) < 4.78 is 5.16. The molecule has 1 aromatic rings. The third-order valence-electron chi connectivity index (χ3n) is 3.25. The fourth-order valence-electron chi connectivity index (χ4n) is 2.40. The van der Waals surface area contributed by atoms with Crippen LogP contribution in [-0.2, 0) is 16.0 Å². The molecule has 0 aromatic heterocycles. The normalized spacial score (nSPS) is 17.5. The van der Waals surface area contributed by atoms with E-state index in [4.69, 9.17) is 4.74 Å². The summed E-state index contributed by atoms with van der Waals surface area (Å²) in [5, 5.41) is 9.20. The number of nitrogens with zero attached hydrogens (tertiary/aromatic N) is 1. The molecule has 0 aliphatic carbocycles. The Morgan fingerprint density at radius 1 is 1.44 bits per heavy atom. The quantitative estimate of drug-likeness (QED) is 0.859. The van der Waals surface area contributed by atoms with Crippen molar-refractivity contribution in [3.63, 3.8) is 0 Å². The zero-order chi connectivity index (χ0) is 13.4. The lowest BCUT2D eigenvalue weighted by Crippen LogP contribution is -2.41. The minimum Gasteiger partial charge on any atom is -0.497 e. The average Bonchev–Trinajstić information content (AvgIpc) is 2.68. The molecule has 1 aliphatic heterocycles. The molecular formula is C13H15NO4. The molecule has 0 saturated carbocycles. The Labute approximate surface area is 105 Å². The van der Waals surface area contributed by atoms with E-state index in [1.807, 2.05) is 13.0 Å². The highest BCUT2D eigenvalue weighted by Gasteiger charge is 2.38. The van der Waals surface area contributed by atoms with Gasteiger partial charge < -0.3 is 9.84 Å². The predicted octanol–water partition coefficient (Wildman–Crippen LogP) is 1.37. The Balaban J connectivity index is 2.57. The molecule has 1 aromatic carbocycles. The summed E-state index contributed by atoms with van der Waals surface area (Å²) in [7, 11) is 1.54. The van der Waals surface area contributed by atoms with Crippen molar-refractivity contribution in [1.29, 1.82) is 0 Å². The molecule has 2 rings (SSSR count). The first-order chi connectivity index (χ1) is 8.45. The summed E-state index contributed by atoms with van der Waals surface area (Å²) in [5.74, 6) is -0.628. The van der Waals surface area contributed by atoms with Crippen LogP contribution >= 0.6 is 0 Å². The molecule has 5 nitrogen and oxygen atoms in total. The molecule has 0 spiro atoms. The van der Waals surface area contributed by atoms with Gasteiger partial charge in [0, 0.05) is 19.4 Å². The van der Waals surface area contributed by atoms with Crippen molar-refractivity contribution >= 4 is 17.6 Å². The summed E-state index contributed by atoms with van der Waals surface area (Å²) in [6.07, 6.45) is 0.347. The summed E-state index contributed by atoms with van der Waals surface area (Å²) in [6.45, 7) is 3.27. The van der Waals surface area contributed by atoms with E-state index in [0.29, 0.717) is 17.9 Å². The number of hydrogen-bond donors (Lipinski definition) is 1. The Hall–Kier alpha value is -2.04. The molecule has 5 heteroatoms. The summed E-state index contributed by atoms with van der Waals surface area (Å²) in [5.41, 5.74) is 2.49. The molecule has 1 N–H and O–H groups in total. The third-order valence-corrected chi connectivity index (χ3v) is 3.25. The molecule has 96 valence electrons. The number of aryl methyl sites for hydroxylation is 1. The van der Waals surface area contributed by atoms with Gasteiger partial charge in [0.25, 0.3) is 0 Å². The number of carbonyl (C=O) groups is 2. The lowest BCUT2D eigenvalue weighted by atomic mass is 10.0. The van der Waals surface area contributed by atoms with Gasteiger partial charge in [-0.15, -0.1) is 0 Å². The summed E-state index contributed by atoms with van der Waals surface area (Å²) in [4.78, 5) is 24.2. The van der Waals surface area contributed by atoms with Crippen molar-refractivity contribution in [2.45, 2.75) is 26.3 Å². The van der Waals surface area contributed by atoms with Crippen LogP contribution in [0.3, 0.4) is 0 Å². The van der Waals surface area contributed by atoms with Crippen molar-refractivity contribution in [1.82, 2.24) is 0 Å². The standard InChI is InChI=1S/C13H15NO4/c1-7-4-9(18-3)5-11-10(7)6-12(13(16)17)14(11)8(2)15/h4-5,12H,6H2,1-3H3,(H,16,17). The van der Waals surface area contributed by atoms with E-state index in [-0.39, 0.29) is 5.91 Å². The predicted molar refractivity (Wildman–Crippen MR) is 66.0 cm³/mol. The van der Waals surface area contributed by atoms with E-state index >= 15 is 0 Å². The number of carbonyl (C=O) groups excluding carboxylic acids is 1. The second kappa shape index (κ2) is 4.33. The molecule has 1 atom stereocenters. The van der Waals surface area contributed by atoms with Gasteiger partial charge in [0.05, 0.1) is 12.8 Å². The molecule has 1 amide bonds. The van der Waals surface area contributed by atoms with Crippen LogP contribution in [-0.4, -0.2) is 30.1 Å². The Bertz CT molecular complexity index is 524. The highest BCUT2D eigenvalue weighted by Crippen LogP contribution is 2.37. The van der Waals surface area contributed by atoms with Crippen molar-refractivity contribution < 1.29 is 19.4 Å². The molecule has 18 heavy (non-hydrogen) atoms. The second-order valence-corrected chi connectivity index (χ2v) is 4.39. The van der Waals surface area contributed by atoms with Gasteiger partial charge in [-0.1, -0.05) is 0 Å². The van der Waals surface area contributed by atoms with Gasteiger partial charge in [0.2, 0.25) is 5.91 Å². The van der Waals surface area contributed by atoms with E-state index < -0.39 is 12.0 Å². The molecule has 0 saturated heterocycles. The first-order valence-electron chi connectivity index (χ1n) is 5.65. The van der Waals surface area contributed by atoms with Gasteiger partial charge in [-0.05, 0) is 24.1 Å². The van der Waals surface area contributed by atoms with Crippen LogP contribution in [0.25, 0.3) is 0 Å². The van der Waals surface area contributed by atoms with Crippen LogP contribution < -0.4 is 9.64 Å². The Morgan fingerprint density at radius 3 is 2.61 bits per heavy atom. The number of anilines is 1. The van der Waals surface area contributed by atoms with Crippen LogP contribution in [0.2, 0.25) is 0 Å². The first-order valence-corrected chi connectivity index (χ1v) is 5.65. The van der Waals surface area contributed by atoms with Gasteiger partial charge in [0.1, 0.15) is 11.8 Å². The number of carboxylic acid groups (broad SMARTS) is 1. The monoisotopic (exact) mass is 249 g/mol.